The maximum absolute atomic E-state index is 11.8. The Bertz CT molecular complexity index is 1230. The summed E-state index contributed by atoms with van der Waals surface area (Å²) >= 11 is 4.62. The zero-order valence-electron chi connectivity index (χ0n) is 15.6. The van der Waals surface area contributed by atoms with E-state index in [1.165, 1.54) is 0 Å². The standard InChI is InChI=1S/C20H17BrN4O3S/c1-9-5-11(8-22-25-20-24-19(28)15(29-20)7-16(26)27)10(2)17-13-6-12(21)3-4-14(13)23-18(9)17/h3-6,8,15,23H,7H2,1-2H3,(H,26,27)(H,24,25,28). The molecule has 0 saturated carbocycles. The molecule has 1 atom stereocenters. The first kappa shape index (κ1) is 19.7. The highest BCUT2D eigenvalue weighted by atomic mass is 79.9. The van der Waals surface area contributed by atoms with Crippen molar-refractivity contribution in [3.8, 4) is 0 Å². The van der Waals surface area contributed by atoms with Gasteiger partial charge in [-0.2, -0.15) is 5.10 Å². The van der Waals surface area contributed by atoms with Crippen molar-refractivity contribution < 1.29 is 14.7 Å². The molecule has 0 aliphatic carbocycles. The summed E-state index contributed by atoms with van der Waals surface area (Å²) in [6, 6.07) is 8.19. The Hall–Kier alpha value is -2.65. The van der Waals surface area contributed by atoms with E-state index in [4.69, 9.17) is 5.11 Å². The number of amides is 1. The molecule has 1 amide bonds. The summed E-state index contributed by atoms with van der Waals surface area (Å²) in [4.78, 5) is 26.1. The number of hydrogen-bond donors (Lipinski definition) is 3. The molecule has 0 radical (unpaired) electrons. The van der Waals surface area contributed by atoms with Gasteiger partial charge < -0.3 is 15.4 Å². The van der Waals surface area contributed by atoms with Gasteiger partial charge in [0.25, 0.3) is 0 Å². The molecule has 1 aliphatic heterocycles. The molecule has 1 unspecified atom stereocenters. The predicted molar refractivity (Wildman–Crippen MR) is 120 cm³/mol. The number of benzene rings is 2. The summed E-state index contributed by atoms with van der Waals surface area (Å²) in [5.41, 5.74) is 5.26. The molecular weight excluding hydrogens is 456 g/mol. The first-order chi connectivity index (χ1) is 13.8. The van der Waals surface area contributed by atoms with Gasteiger partial charge in [0.2, 0.25) is 5.91 Å². The van der Waals surface area contributed by atoms with Crippen molar-refractivity contribution in [2.24, 2.45) is 10.2 Å². The molecule has 148 valence electrons. The molecule has 3 aromatic rings. The van der Waals surface area contributed by atoms with Gasteiger partial charge in [-0.25, -0.2) is 0 Å². The predicted octanol–water partition coefficient (Wildman–Crippen LogP) is 4.10. The van der Waals surface area contributed by atoms with Gasteiger partial charge in [0, 0.05) is 26.3 Å². The van der Waals surface area contributed by atoms with Gasteiger partial charge in [0.15, 0.2) is 5.17 Å². The summed E-state index contributed by atoms with van der Waals surface area (Å²) in [6.45, 7) is 4.08. The number of carbonyl (C=O) groups is 2. The molecule has 2 heterocycles. The minimum atomic E-state index is -1.02. The number of hydrogen-bond acceptors (Lipinski definition) is 5. The summed E-state index contributed by atoms with van der Waals surface area (Å²) in [6.07, 6.45) is 1.41. The molecule has 3 N–H and O–H groups in total. The van der Waals surface area contributed by atoms with Crippen LogP contribution in [-0.2, 0) is 9.59 Å². The average molecular weight is 473 g/mol. The maximum Gasteiger partial charge on any atom is 0.305 e. The number of halogens is 1. The number of carboxylic acids is 1. The Morgan fingerprint density at radius 1 is 1.34 bits per heavy atom. The number of carboxylic acid groups (broad SMARTS) is 1. The van der Waals surface area contributed by atoms with E-state index < -0.39 is 11.2 Å². The highest BCUT2D eigenvalue weighted by molar-refractivity contribution is 9.10. The second-order valence-corrected chi connectivity index (χ2v) is 8.92. The van der Waals surface area contributed by atoms with Gasteiger partial charge in [0.1, 0.15) is 5.25 Å². The summed E-state index contributed by atoms with van der Waals surface area (Å²) in [5.74, 6) is -1.38. The zero-order valence-corrected chi connectivity index (χ0v) is 18.0. The lowest BCUT2D eigenvalue weighted by Crippen LogP contribution is -2.26. The number of aromatic nitrogens is 1. The van der Waals surface area contributed by atoms with Gasteiger partial charge in [-0.1, -0.05) is 27.7 Å². The third-order valence-corrected chi connectivity index (χ3v) is 6.38. The minimum absolute atomic E-state index is 0.246. The Labute approximate surface area is 178 Å². The number of amidine groups is 1. The van der Waals surface area contributed by atoms with Crippen molar-refractivity contribution >= 4 is 72.8 Å². The quantitative estimate of drug-likeness (QED) is 0.392. The molecule has 1 aliphatic rings. The molecule has 1 aromatic heterocycles. The third kappa shape index (κ3) is 3.79. The molecule has 0 bridgehead atoms. The third-order valence-electron chi connectivity index (χ3n) is 4.82. The molecule has 7 nitrogen and oxygen atoms in total. The molecule has 2 aromatic carbocycles. The van der Waals surface area contributed by atoms with Gasteiger partial charge >= 0.3 is 5.97 Å². The van der Waals surface area contributed by atoms with E-state index >= 15 is 0 Å². The first-order valence-corrected chi connectivity index (χ1v) is 10.5. The van der Waals surface area contributed by atoms with Crippen LogP contribution in [0.25, 0.3) is 21.8 Å². The lowest BCUT2D eigenvalue weighted by Gasteiger charge is -2.06. The van der Waals surface area contributed by atoms with Crippen LogP contribution in [0.5, 0.6) is 0 Å². The van der Waals surface area contributed by atoms with E-state index in [0.29, 0.717) is 5.17 Å². The largest absolute Gasteiger partial charge is 0.481 e. The Morgan fingerprint density at radius 2 is 2.14 bits per heavy atom. The van der Waals surface area contributed by atoms with E-state index in [9.17, 15) is 9.59 Å². The molecule has 1 saturated heterocycles. The van der Waals surface area contributed by atoms with Crippen molar-refractivity contribution in [2.75, 3.05) is 0 Å². The number of aliphatic carboxylic acids is 1. The maximum atomic E-state index is 11.8. The Balaban J connectivity index is 1.67. The number of nitrogens with zero attached hydrogens (tertiary/aromatic N) is 2. The van der Waals surface area contributed by atoms with Crippen LogP contribution in [0.15, 0.2) is 38.9 Å². The summed E-state index contributed by atoms with van der Waals surface area (Å²) in [5, 5.41) is 21.5. The van der Waals surface area contributed by atoms with Crippen molar-refractivity contribution in [2.45, 2.75) is 25.5 Å². The molecule has 9 heteroatoms. The number of thioether (sulfide) groups is 1. The van der Waals surface area contributed by atoms with E-state index in [-0.39, 0.29) is 12.3 Å². The lowest BCUT2D eigenvalue weighted by molar-refractivity contribution is -0.138. The van der Waals surface area contributed by atoms with E-state index in [2.05, 4.69) is 42.5 Å². The highest BCUT2D eigenvalue weighted by Gasteiger charge is 2.32. The average Bonchev–Trinajstić information content (AvgIpc) is 3.19. The highest BCUT2D eigenvalue weighted by Crippen LogP contribution is 2.33. The molecule has 1 fully saturated rings. The van der Waals surface area contributed by atoms with E-state index in [0.717, 1.165) is 54.7 Å². The van der Waals surface area contributed by atoms with E-state index in [1.807, 2.05) is 32.0 Å². The van der Waals surface area contributed by atoms with Crippen LogP contribution in [0.4, 0.5) is 0 Å². The van der Waals surface area contributed by atoms with Crippen molar-refractivity contribution in [1.29, 1.82) is 0 Å². The minimum Gasteiger partial charge on any atom is -0.481 e. The van der Waals surface area contributed by atoms with Crippen molar-refractivity contribution in [3.63, 3.8) is 0 Å². The van der Waals surface area contributed by atoms with Crippen molar-refractivity contribution in [1.82, 2.24) is 10.3 Å². The lowest BCUT2D eigenvalue weighted by atomic mass is 9.99. The summed E-state index contributed by atoms with van der Waals surface area (Å²) < 4.78 is 1.01. The monoisotopic (exact) mass is 472 g/mol. The second-order valence-electron chi connectivity index (χ2n) is 6.82. The summed E-state index contributed by atoms with van der Waals surface area (Å²) in [7, 11) is 0. The smallest absolute Gasteiger partial charge is 0.305 e. The van der Waals surface area contributed by atoms with Crippen LogP contribution in [0.3, 0.4) is 0 Å². The van der Waals surface area contributed by atoms with E-state index in [1.54, 1.807) is 6.21 Å². The Morgan fingerprint density at radius 3 is 2.90 bits per heavy atom. The van der Waals surface area contributed by atoms with Crippen LogP contribution < -0.4 is 5.32 Å². The number of aromatic amines is 1. The zero-order chi connectivity index (χ0) is 20.7. The fraction of sp³-hybridized carbons (Fsp3) is 0.200. The molecule has 4 rings (SSSR count). The van der Waals surface area contributed by atoms with Gasteiger partial charge in [-0.3, -0.25) is 9.59 Å². The number of H-pyrrole nitrogens is 1. The van der Waals surface area contributed by atoms with Crippen molar-refractivity contribution in [3.05, 3.63) is 45.4 Å². The first-order valence-electron chi connectivity index (χ1n) is 8.85. The van der Waals surface area contributed by atoms with Crippen LogP contribution in [0, 0.1) is 13.8 Å². The Kier molecular flexibility index (Phi) is 5.18. The van der Waals surface area contributed by atoms with Crippen LogP contribution in [0.2, 0.25) is 0 Å². The fourth-order valence-electron chi connectivity index (χ4n) is 3.43. The SMILES string of the molecule is Cc1cc(C=NN=C2NC(=O)C(CC(=O)O)S2)c(C)c2c1[nH]c1ccc(Br)cc12. The number of nitrogens with one attached hydrogen (secondary N) is 2. The second kappa shape index (κ2) is 7.64. The van der Waals surface area contributed by atoms with Crippen LogP contribution in [0.1, 0.15) is 23.1 Å². The number of aryl methyl sites for hydroxylation is 2. The topological polar surface area (TPSA) is 107 Å². The van der Waals surface area contributed by atoms with Crippen LogP contribution >= 0.6 is 27.7 Å². The van der Waals surface area contributed by atoms with Gasteiger partial charge in [-0.15, -0.1) is 5.10 Å². The molecule has 0 spiro atoms. The van der Waals surface area contributed by atoms with Crippen LogP contribution in [-0.4, -0.2) is 38.6 Å². The number of carbonyl (C=O) groups excluding carboxylic acids is 1. The normalized spacial score (nSPS) is 18.4. The molecular formula is C20H17BrN4O3S. The number of fused-ring (bicyclic) bond motifs is 3. The number of rotatable bonds is 4. The molecule has 29 heavy (non-hydrogen) atoms. The van der Waals surface area contributed by atoms with Gasteiger partial charge in [0.05, 0.1) is 12.6 Å². The fourth-order valence-corrected chi connectivity index (χ4v) is 4.71. The van der Waals surface area contributed by atoms with Gasteiger partial charge in [-0.05, 0) is 54.8 Å².